The number of nitrogens with zero attached hydrogens (tertiary/aromatic N) is 4. The van der Waals surface area contributed by atoms with E-state index in [4.69, 9.17) is 10.7 Å². The third-order valence-corrected chi connectivity index (χ3v) is 7.21. The van der Waals surface area contributed by atoms with E-state index < -0.39 is 0 Å². The first-order chi connectivity index (χ1) is 15.9. The second-order valence-electron chi connectivity index (χ2n) is 10.8. The molecule has 1 aromatic rings. The molecule has 0 bridgehead atoms. The van der Waals surface area contributed by atoms with E-state index in [2.05, 4.69) is 29.4 Å². The Balaban J connectivity index is 1.59. The molecular weight excluding hydrogens is 431 g/mol. The van der Waals surface area contributed by atoms with Crippen molar-refractivity contribution >= 4 is 34.5 Å². The summed E-state index contributed by atoms with van der Waals surface area (Å²) in [6, 6.07) is 4.65. The van der Waals surface area contributed by atoms with Gasteiger partial charge < -0.3 is 11.1 Å². The van der Waals surface area contributed by atoms with Gasteiger partial charge in [-0.05, 0) is 44.4 Å². The number of hydrogen-bond donors (Lipinski definition) is 2. The smallest absolute Gasteiger partial charge is 0.281 e. The van der Waals surface area contributed by atoms with Gasteiger partial charge in [0.2, 0.25) is 5.84 Å². The zero-order chi connectivity index (χ0) is 25.3. The van der Waals surface area contributed by atoms with Crippen molar-refractivity contribution in [2.45, 2.75) is 66.8 Å². The molecule has 34 heavy (non-hydrogen) atoms. The first-order valence-corrected chi connectivity index (χ1v) is 12.3. The highest BCUT2D eigenvalue weighted by molar-refractivity contribution is 6.51. The van der Waals surface area contributed by atoms with Crippen LogP contribution in [0, 0.1) is 23.1 Å². The maximum absolute atomic E-state index is 14.0. The second-order valence-corrected chi connectivity index (χ2v) is 10.8. The molecule has 3 N–H and O–H groups in total. The molecule has 0 aliphatic carbocycles. The van der Waals surface area contributed by atoms with Crippen LogP contribution in [0.15, 0.2) is 33.4 Å². The number of carbonyl (C=O) groups is 1. The Bertz CT molecular complexity index is 1020. The van der Waals surface area contributed by atoms with Gasteiger partial charge in [0.05, 0.1) is 13.1 Å². The normalized spacial score (nSPS) is 22.2. The van der Waals surface area contributed by atoms with Gasteiger partial charge in [0.25, 0.3) is 5.84 Å². The number of unbranched alkanes of at least 4 members (excludes halogenated alkanes) is 1. The quantitative estimate of drug-likeness (QED) is 0.387. The van der Waals surface area contributed by atoms with Gasteiger partial charge in [0.15, 0.2) is 5.69 Å². The van der Waals surface area contributed by atoms with Crippen molar-refractivity contribution < 1.29 is 9.18 Å². The van der Waals surface area contributed by atoms with E-state index in [1.807, 2.05) is 34.7 Å². The fraction of sp³-hybridized carbons (Fsp3) is 0.615. The maximum atomic E-state index is 14.0. The summed E-state index contributed by atoms with van der Waals surface area (Å²) >= 11 is 0. The number of rotatable bonds is 10. The maximum Gasteiger partial charge on any atom is 0.281 e. The van der Waals surface area contributed by atoms with E-state index in [9.17, 15) is 9.18 Å². The van der Waals surface area contributed by atoms with Gasteiger partial charge in [-0.2, -0.15) is 4.48 Å². The Labute approximate surface area is 203 Å². The average molecular weight is 472 g/mol. The largest absolute Gasteiger partial charge is 0.330 e. The monoisotopic (exact) mass is 471 g/mol. The SMILES string of the molecule is CC1=NN=C2C([C@H](C)NCCCC[C@H](C)[C@H](CN)C(=O)C(C)(C)C)=Nc3ccc(F)cc3[N+]12C. The number of nitrogens with one attached hydrogen (secondary N) is 1. The number of hydrogen-bond acceptors (Lipinski definition) is 6. The van der Waals surface area contributed by atoms with Gasteiger partial charge in [0, 0.05) is 30.9 Å². The van der Waals surface area contributed by atoms with Gasteiger partial charge >= 0.3 is 0 Å². The van der Waals surface area contributed by atoms with Crippen molar-refractivity contribution in [1.29, 1.82) is 0 Å². The number of aliphatic imine (C=N–C) groups is 1. The molecule has 0 spiro atoms. The summed E-state index contributed by atoms with van der Waals surface area (Å²) in [6.07, 6.45) is 2.97. The summed E-state index contributed by atoms with van der Waals surface area (Å²) in [7, 11) is 1.98. The molecule has 0 fully saturated rings. The Morgan fingerprint density at radius 2 is 1.91 bits per heavy atom. The molecule has 0 radical (unpaired) electrons. The van der Waals surface area contributed by atoms with E-state index in [-0.39, 0.29) is 39.4 Å². The van der Waals surface area contributed by atoms with Crippen molar-refractivity contribution in [3.8, 4) is 0 Å². The first kappa shape index (κ1) is 26.3. The number of amidine groups is 2. The number of Topliss-reactive ketones (excluding diaryl/α,β-unsaturated/α-hetero) is 1. The molecule has 8 heteroatoms. The van der Waals surface area contributed by atoms with Crippen molar-refractivity contribution in [1.82, 2.24) is 9.80 Å². The molecule has 186 valence electrons. The molecule has 7 nitrogen and oxygen atoms in total. The number of halogens is 1. The van der Waals surface area contributed by atoms with Crippen LogP contribution in [0.25, 0.3) is 0 Å². The third-order valence-electron chi connectivity index (χ3n) is 7.21. The van der Waals surface area contributed by atoms with Gasteiger partial charge in [-0.3, -0.25) is 4.79 Å². The average Bonchev–Trinajstić information content (AvgIpc) is 3.08. The van der Waals surface area contributed by atoms with E-state index in [0.717, 1.165) is 54.6 Å². The summed E-state index contributed by atoms with van der Waals surface area (Å²) in [5.74, 6) is 1.65. The highest BCUT2D eigenvalue weighted by atomic mass is 19.1. The zero-order valence-electron chi connectivity index (χ0n) is 21.7. The Hall–Kier alpha value is -2.29. The molecule has 0 amide bonds. The number of nitrogens with two attached hydrogens (primary N) is 1. The van der Waals surface area contributed by atoms with Crippen molar-refractivity contribution in [2.24, 2.45) is 38.2 Å². The van der Waals surface area contributed by atoms with Crippen LogP contribution in [0.5, 0.6) is 0 Å². The van der Waals surface area contributed by atoms with Crippen LogP contribution in [0.3, 0.4) is 0 Å². The van der Waals surface area contributed by atoms with Gasteiger partial charge in [-0.15, -0.1) is 0 Å². The predicted octanol–water partition coefficient (Wildman–Crippen LogP) is 4.57. The van der Waals surface area contributed by atoms with E-state index in [0.29, 0.717) is 6.54 Å². The number of benzene rings is 1. The van der Waals surface area contributed by atoms with E-state index in [1.54, 1.807) is 6.07 Å². The van der Waals surface area contributed by atoms with Crippen LogP contribution in [-0.2, 0) is 4.79 Å². The predicted molar refractivity (Wildman–Crippen MR) is 139 cm³/mol. The number of ketones is 1. The summed E-state index contributed by atoms with van der Waals surface area (Å²) in [5.41, 5.74) is 7.90. The first-order valence-electron chi connectivity index (χ1n) is 12.3. The molecule has 1 aromatic carbocycles. The van der Waals surface area contributed by atoms with Crippen molar-refractivity contribution in [3.63, 3.8) is 0 Å². The van der Waals surface area contributed by atoms with Gasteiger partial charge in [-0.1, -0.05) is 44.3 Å². The summed E-state index contributed by atoms with van der Waals surface area (Å²) in [5, 5.41) is 12.3. The summed E-state index contributed by atoms with van der Waals surface area (Å²) < 4.78 is 14.2. The van der Waals surface area contributed by atoms with Crippen LogP contribution in [-0.4, -0.2) is 49.3 Å². The standard InChI is InChI=1S/C26H40FN6O/c1-16(20(15-28)24(34)26(4,5)6)10-8-9-13-29-17(2)23-25-32-31-18(3)33(25,7)22-14-19(27)11-12-21(22)30-23/h11-12,14,16-17,20,29H,8-10,13,15,28H2,1-7H3/q+1/t16-,17-,20-,33?/m0/s1. The molecule has 2 aliphatic heterocycles. The van der Waals surface area contributed by atoms with Crippen molar-refractivity contribution in [3.05, 3.63) is 24.0 Å². The lowest BCUT2D eigenvalue weighted by Crippen LogP contribution is -2.59. The van der Waals surface area contributed by atoms with Crippen molar-refractivity contribution in [2.75, 3.05) is 20.1 Å². The Morgan fingerprint density at radius 1 is 1.21 bits per heavy atom. The third kappa shape index (κ3) is 5.04. The Morgan fingerprint density at radius 3 is 2.56 bits per heavy atom. The molecule has 0 aromatic heterocycles. The van der Waals surface area contributed by atoms with Crippen LogP contribution in [0.1, 0.15) is 60.8 Å². The van der Waals surface area contributed by atoms with Crippen LogP contribution < -0.4 is 15.5 Å². The number of carbonyl (C=O) groups excluding carboxylic acids is 1. The highest BCUT2D eigenvalue weighted by Crippen LogP contribution is 2.40. The molecule has 1 unspecified atom stereocenters. The molecule has 3 rings (SSSR count). The van der Waals surface area contributed by atoms with E-state index >= 15 is 0 Å². The highest BCUT2D eigenvalue weighted by Gasteiger charge is 2.48. The molecule has 0 saturated carbocycles. The lowest BCUT2D eigenvalue weighted by atomic mass is 9.76. The summed E-state index contributed by atoms with van der Waals surface area (Å²) in [4.78, 5) is 17.5. The lowest BCUT2D eigenvalue weighted by Gasteiger charge is -2.34. The minimum Gasteiger partial charge on any atom is -0.330 e. The number of quaternary nitrogens is 1. The molecule has 2 aliphatic rings. The van der Waals surface area contributed by atoms with Gasteiger partial charge in [0.1, 0.15) is 23.0 Å². The molecule has 2 heterocycles. The van der Waals surface area contributed by atoms with Crippen LogP contribution in [0.2, 0.25) is 0 Å². The summed E-state index contributed by atoms with van der Waals surface area (Å²) in [6.45, 7) is 13.2. The van der Waals surface area contributed by atoms with Gasteiger partial charge in [-0.25, -0.2) is 9.38 Å². The lowest BCUT2D eigenvalue weighted by molar-refractivity contribution is -0.131. The zero-order valence-corrected chi connectivity index (χ0v) is 21.7. The minimum atomic E-state index is -0.363. The molecular formula is C26H40FN6O+. The fourth-order valence-electron chi connectivity index (χ4n) is 4.80. The Kier molecular flexibility index (Phi) is 7.85. The molecule has 0 saturated heterocycles. The van der Waals surface area contributed by atoms with Crippen LogP contribution in [0.4, 0.5) is 15.8 Å². The van der Waals surface area contributed by atoms with Crippen LogP contribution >= 0.6 is 0 Å². The minimum absolute atomic E-state index is 0.0350. The number of fused-ring (bicyclic) bond motifs is 3. The topological polar surface area (TPSA) is 92.2 Å². The van der Waals surface area contributed by atoms with E-state index in [1.165, 1.54) is 12.1 Å². The fourth-order valence-corrected chi connectivity index (χ4v) is 4.80. The second kappa shape index (κ2) is 10.1. The molecule has 4 atom stereocenters.